The summed E-state index contributed by atoms with van der Waals surface area (Å²) in [6.07, 6.45) is 2.34. The highest BCUT2D eigenvalue weighted by Crippen LogP contribution is 2.19. The van der Waals surface area contributed by atoms with E-state index >= 15 is 0 Å². The van der Waals surface area contributed by atoms with Crippen molar-refractivity contribution in [2.24, 2.45) is 0 Å². The van der Waals surface area contributed by atoms with E-state index in [4.69, 9.17) is 11.6 Å². The zero-order valence-electron chi connectivity index (χ0n) is 15.0. The Bertz CT molecular complexity index is 689. The average Bonchev–Trinajstić information content (AvgIpc) is 2.64. The normalized spacial score (nSPS) is 11.8. The van der Waals surface area contributed by atoms with Crippen LogP contribution in [0.5, 0.6) is 0 Å². The van der Waals surface area contributed by atoms with E-state index in [1.165, 1.54) is 11.8 Å². The lowest BCUT2D eigenvalue weighted by atomic mass is 9.98. The van der Waals surface area contributed by atoms with E-state index in [9.17, 15) is 4.79 Å². The Morgan fingerprint density at radius 3 is 2.56 bits per heavy atom. The highest BCUT2D eigenvalue weighted by molar-refractivity contribution is 6.33. The molecule has 0 spiro atoms. The van der Waals surface area contributed by atoms with Crippen LogP contribution in [0.25, 0.3) is 0 Å². The molecule has 1 aromatic carbocycles. The summed E-state index contributed by atoms with van der Waals surface area (Å²) in [5, 5.41) is 3.18. The summed E-state index contributed by atoms with van der Waals surface area (Å²) in [7, 11) is 0. The fraction of sp³-hybridized carbons (Fsp3) is 0.421. The molecule has 0 aliphatic heterocycles. The molecule has 134 valence electrons. The van der Waals surface area contributed by atoms with Crippen LogP contribution in [0.15, 0.2) is 36.5 Å². The van der Waals surface area contributed by atoms with E-state index in [1.807, 2.05) is 36.9 Å². The molecule has 2 aromatic rings. The molecule has 6 heteroatoms. The zero-order chi connectivity index (χ0) is 18.2. The number of nitrogens with zero attached hydrogens (tertiary/aromatic N) is 3. The molecule has 25 heavy (non-hydrogen) atoms. The second kappa shape index (κ2) is 9.37. The molecule has 0 aliphatic carbocycles. The summed E-state index contributed by atoms with van der Waals surface area (Å²) < 4.78 is 0. The Balaban J connectivity index is 1.97. The molecule has 0 saturated heterocycles. The topological polar surface area (TPSA) is 58.1 Å². The Labute approximate surface area is 154 Å². The lowest BCUT2D eigenvalue weighted by Gasteiger charge is -2.19. The van der Waals surface area contributed by atoms with Crippen LogP contribution < -0.4 is 10.2 Å². The molecule has 1 amide bonds. The Hall–Kier alpha value is -2.14. The molecule has 0 radical (unpaired) electrons. The van der Waals surface area contributed by atoms with Gasteiger partial charge >= 0.3 is 0 Å². The smallest absolute Gasteiger partial charge is 0.271 e. The first-order valence-electron chi connectivity index (χ1n) is 8.67. The van der Waals surface area contributed by atoms with Crippen LogP contribution in [0, 0.1) is 0 Å². The molecular formula is C19H25ClN4O. The fourth-order valence-corrected chi connectivity index (χ4v) is 2.79. The van der Waals surface area contributed by atoms with Gasteiger partial charge in [-0.2, -0.15) is 0 Å². The zero-order valence-corrected chi connectivity index (χ0v) is 15.8. The number of hydrogen-bond acceptors (Lipinski definition) is 4. The number of rotatable bonds is 8. The van der Waals surface area contributed by atoms with Gasteiger partial charge in [0.1, 0.15) is 0 Å². The lowest BCUT2D eigenvalue weighted by molar-refractivity contribution is 0.0947. The molecule has 1 unspecified atom stereocenters. The van der Waals surface area contributed by atoms with Crippen molar-refractivity contribution in [1.29, 1.82) is 0 Å². The van der Waals surface area contributed by atoms with Crippen LogP contribution >= 0.6 is 11.6 Å². The van der Waals surface area contributed by atoms with Crippen LogP contribution in [0.4, 0.5) is 5.95 Å². The third kappa shape index (κ3) is 5.16. The van der Waals surface area contributed by atoms with Crippen molar-refractivity contribution >= 4 is 23.5 Å². The number of nitrogens with one attached hydrogen (secondary N) is 1. The molecule has 5 nitrogen and oxygen atoms in total. The first-order chi connectivity index (χ1) is 12.1. The molecule has 0 fully saturated rings. The van der Waals surface area contributed by atoms with Crippen LogP contribution in [-0.2, 0) is 0 Å². The van der Waals surface area contributed by atoms with Gasteiger partial charge in [0.25, 0.3) is 5.91 Å². The first kappa shape index (κ1) is 19.2. The second-order valence-corrected chi connectivity index (χ2v) is 6.30. The molecule has 1 aromatic heterocycles. The third-order valence-corrected chi connectivity index (χ3v) is 4.50. The van der Waals surface area contributed by atoms with Gasteiger partial charge in [-0.05, 0) is 31.7 Å². The molecule has 0 aliphatic rings. The number of carbonyl (C=O) groups is 1. The Kier molecular flexibility index (Phi) is 7.19. The summed E-state index contributed by atoms with van der Waals surface area (Å²) in [4.78, 5) is 23.0. The summed E-state index contributed by atoms with van der Waals surface area (Å²) in [6, 6.07) is 10.3. The van der Waals surface area contributed by atoms with Crippen LogP contribution in [0.1, 0.15) is 49.2 Å². The van der Waals surface area contributed by atoms with Gasteiger partial charge in [0.05, 0.1) is 11.2 Å². The van der Waals surface area contributed by atoms with E-state index < -0.39 is 0 Å². The average molecular weight is 361 g/mol. The van der Waals surface area contributed by atoms with Crippen LogP contribution in [0.2, 0.25) is 5.02 Å². The maximum absolute atomic E-state index is 12.4. The van der Waals surface area contributed by atoms with Gasteiger partial charge in [0, 0.05) is 19.6 Å². The molecule has 1 atom stereocenters. The van der Waals surface area contributed by atoms with E-state index in [1.54, 1.807) is 0 Å². The number of benzene rings is 1. The standard InChI is InChI=1S/C19H25ClN4O/c1-4-24(5-2)19-22-13-16(20)17(23-19)18(25)21-12-11-14(3)15-9-7-6-8-10-15/h6-10,13-14H,4-5,11-12H2,1-3H3,(H,21,25). The van der Waals surface area contributed by atoms with Crippen molar-refractivity contribution in [3.05, 3.63) is 52.8 Å². The van der Waals surface area contributed by atoms with E-state index in [0.29, 0.717) is 18.4 Å². The molecule has 1 heterocycles. The minimum absolute atomic E-state index is 0.228. The molecule has 0 saturated carbocycles. The van der Waals surface area contributed by atoms with Gasteiger partial charge in [0.15, 0.2) is 5.69 Å². The number of hydrogen-bond donors (Lipinski definition) is 1. The number of halogens is 1. The summed E-state index contributed by atoms with van der Waals surface area (Å²) in [5.74, 6) is 0.631. The third-order valence-electron chi connectivity index (χ3n) is 4.22. The number of amides is 1. The van der Waals surface area contributed by atoms with Crippen LogP contribution in [0.3, 0.4) is 0 Å². The van der Waals surface area contributed by atoms with Gasteiger partial charge in [-0.3, -0.25) is 4.79 Å². The van der Waals surface area contributed by atoms with E-state index in [0.717, 1.165) is 19.5 Å². The molecule has 2 rings (SSSR count). The van der Waals surface area contributed by atoms with Crippen molar-refractivity contribution < 1.29 is 4.79 Å². The number of carbonyl (C=O) groups excluding carboxylic acids is 1. The largest absolute Gasteiger partial charge is 0.351 e. The van der Waals surface area contributed by atoms with Crippen molar-refractivity contribution in [2.75, 3.05) is 24.5 Å². The highest BCUT2D eigenvalue weighted by Gasteiger charge is 2.16. The van der Waals surface area contributed by atoms with Gasteiger partial charge in [-0.25, -0.2) is 9.97 Å². The molecular weight excluding hydrogens is 336 g/mol. The minimum Gasteiger partial charge on any atom is -0.351 e. The van der Waals surface area contributed by atoms with Crippen molar-refractivity contribution in [2.45, 2.75) is 33.1 Å². The Morgan fingerprint density at radius 2 is 1.92 bits per heavy atom. The van der Waals surface area contributed by atoms with Crippen molar-refractivity contribution in [1.82, 2.24) is 15.3 Å². The maximum Gasteiger partial charge on any atom is 0.271 e. The summed E-state index contributed by atoms with van der Waals surface area (Å²) in [6.45, 7) is 8.30. The van der Waals surface area contributed by atoms with E-state index in [2.05, 4.69) is 34.3 Å². The molecule has 0 bridgehead atoms. The van der Waals surface area contributed by atoms with Gasteiger partial charge in [0.2, 0.25) is 5.95 Å². The second-order valence-electron chi connectivity index (χ2n) is 5.90. The summed E-state index contributed by atoms with van der Waals surface area (Å²) >= 11 is 6.12. The quantitative estimate of drug-likeness (QED) is 0.775. The maximum atomic E-state index is 12.4. The van der Waals surface area contributed by atoms with Gasteiger partial charge in [-0.1, -0.05) is 48.9 Å². The lowest BCUT2D eigenvalue weighted by Crippen LogP contribution is -2.29. The summed E-state index contributed by atoms with van der Waals surface area (Å²) in [5.41, 5.74) is 1.49. The fourth-order valence-electron chi connectivity index (χ4n) is 2.61. The predicted octanol–water partition coefficient (Wildman–Crippen LogP) is 3.90. The monoisotopic (exact) mass is 360 g/mol. The molecule has 1 N–H and O–H groups in total. The van der Waals surface area contributed by atoms with Gasteiger partial charge < -0.3 is 10.2 Å². The highest BCUT2D eigenvalue weighted by atomic mass is 35.5. The first-order valence-corrected chi connectivity index (χ1v) is 9.05. The Morgan fingerprint density at radius 1 is 1.24 bits per heavy atom. The predicted molar refractivity (Wildman–Crippen MR) is 102 cm³/mol. The van der Waals surface area contributed by atoms with E-state index in [-0.39, 0.29) is 16.6 Å². The minimum atomic E-state index is -0.263. The SMILES string of the molecule is CCN(CC)c1ncc(Cl)c(C(=O)NCCC(C)c2ccccc2)n1. The van der Waals surface area contributed by atoms with Crippen molar-refractivity contribution in [3.63, 3.8) is 0 Å². The van der Waals surface area contributed by atoms with Crippen molar-refractivity contribution in [3.8, 4) is 0 Å². The number of anilines is 1. The number of aromatic nitrogens is 2. The van der Waals surface area contributed by atoms with Gasteiger partial charge in [-0.15, -0.1) is 0 Å². The van der Waals surface area contributed by atoms with Crippen LogP contribution in [-0.4, -0.2) is 35.5 Å².